The third kappa shape index (κ3) is 4.24. The van der Waals surface area contributed by atoms with E-state index in [2.05, 4.69) is 6.92 Å². The van der Waals surface area contributed by atoms with Crippen molar-refractivity contribution in [3.05, 3.63) is 22.8 Å². The summed E-state index contributed by atoms with van der Waals surface area (Å²) in [5, 5.41) is 0. The molecule has 2 unspecified atom stereocenters. The molecule has 128 valence electrons. The summed E-state index contributed by atoms with van der Waals surface area (Å²) in [5.74, 6) is -0.0763. The van der Waals surface area contributed by atoms with Gasteiger partial charge in [-0.3, -0.25) is 9.59 Å². The fourth-order valence-corrected chi connectivity index (χ4v) is 3.85. The maximum atomic E-state index is 12.4. The van der Waals surface area contributed by atoms with Crippen molar-refractivity contribution in [2.24, 2.45) is 11.8 Å². The predicted octanol–water partition coefficient (Wildman–Crippen LogP) is 3.96. The summed E-state index contributed by atoms with van der Waals surface area (Å²) in [7, 11) is 0. The fourth-order valence-electron chi connectivity index (χ4n) is 3.85. The number of fused-ring (bicyclic) bond motifs is 1. The number of hydrogen-bond acceptors (Lipinski definition) is 4. The van der Waals surface area contributed by atoms with Gasteiger partial charge in [-0.2, -0.15) is 0 Å². The average molecular weight is 320 g/mol. The molecular formula is C19H28O4. The first kappa shape index (κ1) is 17.8. The van der Waals surface area contributed by atoms with E-state index < -0.39 is 0 Å². The number of carbonyl (C=O) groups excluding carboxylic acids is 2. The van der Waals surface area contributed by atoms with Crippen molar-refractivity contribution in [2.75, 3.05) is 13.2 Å². The molecule has 0 heterocycles. The molecule has 4 nitrogen and oxygen atoms in total. The standard InChI is InChI=1S/C19H28O4/c1-4-22-18(20)11-10-14-12-17(19(21)23-5-2)16-9-7-6-8-15(16)13(14)3/h10,16-17H,4-9,11-12H2,1-3H3/b14-10-. The van der Waals surface area contributed by atoms with Crippen LogP contribution in [0.15, 0.2) is 22.8 Å². The van der Waals surface area contributed by atoms with E-state index in [1.807, 2.05) is 19.9 Å². The van der Waals surface area contributed by atoms with E-state index in [0.717, 1.165) is 18.4 Å². The lowest BCUT2D eigenvalue weighted by Gasteiger charge is -2.38. The molecule has 0 N–H and O–H groups in total. The van der Waals surface area contributed by atoms with E-state index in [-0.39, 0.29) is 24.3 Å². The molecule has 2 aliphatic carbocycles. The second-order valence-corrected chi connectivity index (χ2v) is 6.30. The molecule has 0 aromatic carbocycles. The van der Waals surface area contributed by atoms with Crippen LogP contribution in [0.1, 0.15) is 59.3 Å². The predicted molar refractivity (Wildman–Crippen MR) is 88.7 cm³/mol. The summed E-state index contributed by atoms with van der Waals surface area (Å²) in [6, 6.07) is 0. The molecule has 0 bridgehead atoms. The molecule has 4 heteroatoms. The van der Waals surface area contributed by atoms with Crippen molar-refractivity contribution >= 4 is 11.9 Å². The monoisotopic (exact) mass is 320 g/mol. The second-order valence-electron chi connectivity index (χ2n) is 6.30. The van der Waals surface area contributed by atoms with Crippen LogP contribution in [0.5, 0.6) is 0 Å². The normalized spacial score (nSPS) is 26.0. The lowest BCUT2D eigenvalue weighted by Crippen LogP contribution is -2.33. The van der Waals surface area contributed by atoms with Crippen molar-refractivity contribution in [2.45, 2.75) is 59.3 Å². The van der Waals surface area contributed by atoms with E-state index >= 15 is 0 Å². The van der Waals surface area contributed by atoms with E-state index in [4.69, 9.17) is 9.47 Å². The third-order valence-corrected chi connectivity index (χ3v) is 4.96. The van der Waals surface area contributed by atoms with Crippen molar-refractivity contribution in [3.8, 4) is 0 Å². The number of esters is 2. The van der Waals surface area contributed by atoms with Crippen LogP contribution in [0, 0.1) is 11.8 Å². The molecule has 1 fully saturated rings. The van der Waals surface area contributed by atoms with Gasteiger partial charge in [0.2, 0.25) is 0 Å². The summed E-state index contributed by atoms with van der Waals surface area (Å²) in [6.07, 6.45) is 7.39. The van der Waals surface area contributed by atoms with Gasteiger partial charge in [0.25, 0.3) is 0 Å². The Morgan fingerprint density at radius 3 is 2.61 bits per heavy atom. The molecule has 0 aromatic heterocycles. The zero-order valence-electron chi connectivity index (χ0n) is 14.5. The summed E-state index contributed by atoms with van der Waals surface area (Å²) in [5.41, 5.74) is 3.79. The van der Waals surface area contributed by atoms with Crippen molar-refractivity contribution < 1.29 is 19.1 Å². The largest absolute Gasteiger partial charge is 0.466 e. The molecule has 0 aliphatic heterocycles. The van der Waals surface area contributed by atoms with Gasteiger partial charge in [-0.05, 0) is 63.5 Å². The van der Waals surface area contributed by atoms with Gasteiger partial charge in [-0.25, -0.2) is 0 Å². The van der Waals surface area contributed by atoms with Crippen LogP contribution in [0.2, 0.25) is 0 Å². The molecule has 0 radical (unpaired) electrons. The Morgan fingerprint density at radius 1 is 1.17 bits per heavy atom. The molecule has 0 amide bonds. The van der Waals surface area contributed by atoms with E-state index in [1.165, 1.54) is 24.0 Å². The van der Waals surface area contributed by atoms with Crippen LogP contribution in [-0.4, -0.2) is 25.2 Å². The molecule has 23 heavy (non-hydrogen) atoms. The van der Waals surface area contributed by atoms with Crippen LogP contribution in [0.4, 0.5) is 0 Å². The molecule has 0 saturated heterocycles. The smallest absolute Gasteiger partial charge is 0.309 e. The van der Waals surface area contributed by atoms with Crippen LogP contribution >= 0.6 is 0 Å². The Balaban J connectivity index is 2.23. The zero-order chi connectivity index (χ0) is 16.8. The second kappa shape index (κ2) is 8.32. The zero-order valence-corrected chi connectivity index (χ0v) is 14.5. The molecule has 2 rings (SSSR count). The SMILES string of the molecule is CCOC(=O)C/C=C1/CC(C(=O)OCC)C2CCCCC2=C1C. The van der Waals surface area contributed by atoms with Gasteiger partial charge < -0.3 is 9.47 Å². The lowest BCUT2D eigenvalue weighted by atomic mass is 9.67. The van der Waals surface area contributed by atoms with Crippen molar-refractivity contribution in [1.29, 1.82) is 0 Å². The maximum Gasteiger partial charge on any atom is 0.309 e. The van der Waals surface area contributed by atoms with Crippen molar-refractivity contribution in [1.82, 2.24) is 0 Å². The van der Waals surface area contributed by atoms with E-state index in [0.29, 0.717) is 25.6 Å². The number of carbonyl (C=O) groups is 2. The molecule has 1 saturated carbocycles. The average Bonchev–Trinajstić information content (AvgIpc) is 2.55. The number of rotatable bonds is 5. The Hall–Kier alpha value is -1.58. The van der Waals surface area contributed by atoms with Crippen LogP contribution < -0.4 is 0 Å². The van der Waals surface area contributed by atoms with Crippen molar-refractivity contribution in [3.63, 3.8) is 0 Å². The van der Waals surface area contributed by atoms with Gasteiger partial charge in [0.1, 0.15) is 0 Å². The highest BCUT2D eigenvalue weighted by Crippen LogP contribution is 2.45. The molecule has 2 aliphatic rings. The minimum Gasteiger partial charge on any atom is -0.466 e. The minimum atomic E-state index is -0.212. The lowest BCUT2D eigenvalue weighted by molar-refractivity contribution is -0.150. The quantitative estimate of drug-likeness (QED) is 0.720. The summed E-state index contributed by atoms with van der Waals surface area (Å²) in [6.45, 7) is 6.60. The highest BCUT2D eigenvalue weighted by Gasteiger charge is 2.38. The number of ether oxygens (including phenoxy) is 2. The van der Waals surface area contributed by atoms with Crippen LogP contribution in [-0.2, 0) is 19.1 Å². The van der Waals surface area contributed by atoms with Gasteiger partial charge in [-0.15, -0.1) is 0 Å². The summed E-state index contributed by atoms with van der Waals surface area (Å²) in [4.78, 5) is 24.0. The van der Waals surface area contributed by atoms with Gasteiger partial charge in [0, 0.05) is 0 Å². The van der Waals surface area contributed by atoms with Gasteiger partial charge in [0.15, 0.2) is 0 Å². The number of hydrogen-bond donors (Lipinski definition) is 0. The molecule has 2 atom stereocenters. The van der Waals surface area contributed by atoms with Crippen LogP contribution in [0.3, 0.4) is 0 Å². The topological polar surface area (TPSA) is 52.6 Å². The Kier molecular flexibility index (Phi) is 6.43. The first-order valence-corrected chi connectivity index (χ1v) is 8.79. The minimum absolute atomic E-state index is 0.0913. The first-order valence-electron chi connectivity index (χ1n) is 8.79. The van der Waals surface area contributed by atoms with Gasteiger partial charge in [-0.1, -0.05) is 18.1 Å². The molecule has 0 aromatic rings. The molecular weight excluding hydrogens is 292 g/mol. The van der Waals surface area contributed by atoms with E-state index in [9.17, 15) is 9.59 Å². The Labute approximate surface area is 138 Å². The van der Waals surface area contributed by atoms with Gasteiger partial charge in [0.05, 0.1) is 25.6 Å². The first-order chi connectivity index (χ1) is 11.1. The van der Waals surface area contributed by atoms with E-state index in [1.54, 1.807) is 0 Å². The highest BCUT2D eigenvalue weighted by molar-refractivity contribution is 5.75. The highest BCUT2D eigenvalue weighted by atomic mass is 16.5. The Bertz CT molecular complexity index is 515. The maximum absolute atomic E-state index is 12.4. The fraction of sp³-hybridized carbons (Fsp3) is 0.684. The number of allylic oxidation sites excluding steroid dienone is 3. The Morgan fingerprint density at radius 2 is 1.91 bits per heavy atom. The van der Waals surface area contributed by atoms with Crippen LogP contribution in [0.25, 0.3) is 0 Å². The summed E-state index contributed by atoms with van der Waals surface area (Å²) >= 11 is 0. The third-order valence-electron chi connectivity index (χ3n) is 4.96. The molecule has 0 spiro atoms. The summed E-state index contributed by atoms with van der Waals surface area (Å²) < 4.78 is 10.3. The van der Waals surface area contributed by atoms with Gasteiger partial charge >= 0.3 is 11.9 Å².